The quantitative estimate of drug-likeness (QED) is 0.171. The molecule has 4 heterocycles. The zero-order chi connectivity index (χ0) is 29.3. The highest BCUT2D eigenvalue weighted by atomic mass is 14.9. The molecule has 1 aliphatic rings. The number of benzene rings is 7. The first kappa shape index (κ1) is 22.9. The van der Waals surface area contributed by atoms with E-state index < -0.39 is 0 Å². The second-order valence-corrected chi connectivity index (χ2v) is 13.7. The predicted octanol–water partition coefficient (Wildman–Crippen LogP) is 11.4. The van der Waals surface area contributed by atoms with Crippen molar-refractivity contribution in [2.45, 2.75) is 19.3 Å². The Kier molecular flexibility index (Phi) is 3.66. The highest BCUT2D eigenvalue weighted by Crippen LogP contribution is 2.52. The normalized spacial score (nSPS) is 14.6. The lowest BCUT2D eigenvalue weighted by atomic mass is 9.82. The Morgan fingerprint density at radius 1 is 0.400 bits per heavy atom. The van der Waals surface area contributed by atoms with Crippen molar-refractivity contribution < 1.29 is 0 Å². The third-order valence-corrected chi connectivity index (χ3v) is 11.3. The van der Waals surface area contributed by atoms with Gasteiger partial charge in [0.15, 0.2) is 0 Å². The number of rotatable bonds is 0. The van der Waals surface area contributed by atoms with E-state index in [1.807, 2.05) is 0 Å². The maximum Gasteiger partial charge on any atom is 0.0626 e. The van der Waals surface area contributed by atoms with E-state index in [-0.39, 0.29) is 5.41 Å². The van der Waals surface area contributed by atoms with Gasteiger partial charge in [0.05, 0.1) is 33.1 Å². The topological polar surface area (TPSA) is 8.82 Å². The molecule has 0 bridgehead atoms. The standard InChI is InChI=1S/C43H26N2/c1-43(2)34-16-7-5-12-25(34)29-21-37-31(20-35(29)43)28-15-9-14-27-30-19-33-39(22-38(30)45(37)41(27)28)44-36-17-8-6-13-26(36)32-18-23-10-3-4-11-24(23)40(33)42(32)44/h3-22H,1-2H3. The van der Waals surface area contributed by atoms with E-state index in [4.69, 9.17) is 0 Å². The number of fused-ring (bicyclic) bond motifs is 17. The van der Waals surface area contributed by atoms with Crippen LogP contribution in [0.4, 0.5) is 0 Å². The fourth-order valence-corrected chi connectivity index (χ4v) is 9.40. The monoisotopic (exact) mass is 570 g/mol. The van der Waals surface area contributed by atoms with Gasteiger partial charge in [0.2, 0.25) is 0 Å². The number of aromatic nitrogens is 2. The summed E-state index contributed by atoms with van der Waals surface area (Å²) in [5, 5.41) is 13.3. The zero-order valence-corrected chi connectivity index (χ0v) is 24.9. The second-order valence-electron chi connectivity index (χ2n) is 13.7. The fourth-order valence-electron chi connectivity index (χ4n) is 9.40. The van der Waals surface area contributed by atoms with Crippen LogP contribution >= 0.6 is 0 Å². The summed E-state index contributed by atoms with van der Waals surface area (Å²) in [6.45, 7) is 4.75. The van der Waals surface area contributed by atoms with Gasteiger partial charge >= 0.3 is 0 Å². The average Bonchev–Trinajstić information content (AvgIpc) is 3.83. The van der Waals surface area contributed by atoms with Crippen LogP contribution in [0.3, 0.4) is 0 Å². The van der Waals surface area contributed by atoms with Gasteiger partial charge in [0.1, 0.15) is 0 Å². The lowest BCUT2D eigenvalue weighted by Crippen LogP contribution is -2.14. The molecule has 45 heavy (non-hydrogen) atoms. The molecule has 0 aliphatic heterocycles. The minimum absolute atomic E-state index is 0.0234. The Balaban J connectivity index is 1.32. The molecule has 0 fully saturated rings. The largest absolute Gasteiger partial charge is 0.308 e. The summed E-state index contributed by atoms with van der Waals surface area (Å²) in [4.78, 5) is 0. The van der Waals surface area contributed by atoms with Gasteiger partial charge in [-0.1, -0.05) is 98.8 Å². The van der Waals surface area contributed by atoms with Crippen LogP contribution in [0.25, 0.3) is 98.1 Å². The molecule has 0 radical (unpaired) electrons. The average molecular weight is 571 g/mol. The van der Waals surface area contributed by atoms with Crippen LogP contribution in [0.15, 0.2) is 121 Å². The first-order valence-corrected chi connectivity index (χ1v) is 16.0. The summed E-state index contributed by atoms with van der Waals surface area (Å²) in [6, 6.07) is 46.0. The van der Waals surface area contributed by atoms with Gasteiger partial charge < -0.3 is 8.80 Å². The van der Waals surface area contributed by atoms with Crippen LogP contribution in [-0.4, -0.2) is 8.80 Å². The Morgan fingerprint density at radius 2 is 1.07 bits per heavy atom. The van der Waals surface area contributed by atoms with Crippen LogP contribution in [0.2, 0.25) is 0 Å². The van der Waals surface area contributed by atoms with Gasteiger partial charge in [-0.05, 0) is 69.4 Å². The summed E-state index contributed by atoms with van der Waals surface area (Å²) < 4.78 is 5.10. The van der Waals surface area contributed by atoms with Crippen LogP contribution in [0.1, 0.15) is 25.0 Å². The summed E-state index contributed by atoms with van der Waals surface area (Å²) in [6.07, 6.45) is 0. The van der Waals surface area contributed by atoms with Crippen LogP contribution in [-0.2, 0) is 5.41 Å². The van der Waals surface area contributed by atoms with E-state index in [0.717, 1.165) is 0 Å². The number of hydrogen-bond donors (Lipinski definition) is 0. The Labute approximate surface area is 258 Å². The van der Waals surface area contributed by atoms with Gasteiger partial charge in [-0.15, -0.1) is 0 Å². The summed E-state index contributed by atoms with van der Waals surface area (Å²) in [5.74, 6) is 0. The molecule has 0 amide bonds. The van der Waals surface area contributed by atoms with E-state index in [1.165, 1.54) is 109 Å². The van der Waals surface area contributed by atoms with E-state index in [2.05, 4.69) is 144 Å². The molecule has 0 saturated heterocycles. The van der Waals surface area contributed by atoms with Gasteiger partial charge in [-0.25, -0.2) is 0 Å². The number of hydrogen-bond acceptors (Lipinski definition) is 0. The van der Waals surface area contributed by atoms with Gasteiger partial charge in [0.25, 0.3) is 0 Å². The molecule has 2 nitrogen and oxygen atoms in total. The summed E-state index contributed by atoms with van der Waals surface area (Å²) in [7, 11) is 0. The molecule has 0 unspecified atom stereocenters. The van der Waals surface area contributed by atoms with E-state index in [0.29, 0.717) is 0 Å². The number of nitrogens with zero attached hydrogens (tertiary/aromatic N) is 2. The van der Waals surface area contributed by atoms with Crippen molar-refractivity contribution in [3.05, 3.63) is 132 Å². The Bertz CT molecular complexity index is 3110. The van der Waals surface area contributed by atoms with Crippen molar-refractivity contribution in [3.63, 3.8) is 0 Å². The molecule has 0 N–H and O–H groups in total. The highest BCUT2D eigenvalue weighted by molar-refractivity contribution is 6.34. The maximum atomic E-state index is 2.56. The molecule has 0 saturated carbocycles. The Hall–Kier alpha value is -5.60. The minimum Gasteiger partial charge on any atom is -0.308 e. The van der Waals surface area contributed by atoms with Crippen LogP contribution < -0.4 is 0 Å². The fraction of sp³-hybridized carbons (Fsp3) is 0.0698. The molecule has 0 atom stereocenters. The molecule has 2 heteroatoms. The van der Waals surface area contributed by atoms with Crippen molar-refractivity contribution in [1.29, 1.82) is 0 Å². The molecular formula is C43H26N2. The van der Waals surface area contributed by atoms with E-state index in [9.17, 15) is 0 Å². The minimum atomic E-state index is -0.0234. The summed E-state index contributed by atoms with van der Waals surface area (Å²) >= 11 is 0. The molecule has 7 aromatic carbocycles. The first-order valence-electron chi connectivity index (χ1n) is 16.0. The molecular weight excluding hydrogens is 544 g/mol. The van der Waals surface area contributed by atoms with Crippen molar-refractivity contribution >= 4 is 87.0 Å². The van der Waals surface area contributed by atoms with Crippen molar-refractivity contribution in [2.75, 3.05) is 0 Å². The molecule has 208 valence electrons. The van der Waals surface area contributed by atoms with Gasteiger partial charge in [-0.3, -0.25) is 0 Å². The predicted molar refractivity (Wildman–Crippen MR) is 191 cm³/mol. The molecule has 1 aliphatic carbocycles. The maximum absolute atomic E-state index is 2.56. The van der Waals surface area contributed by atoms with Crippen molar-refractivity contribution in [3.8, 4) is 11.1 Å². The van der Waals surface area contributed by atoms with E-state index >= 15 is 0 Å². The smallest absolute Gasteiger partial charge is 0.0626 e. The lowest BCUT2D eigenvalue weighted by Gasteiger charge is -2.21. The van der Waals surface area contributed by atoms with Gasteiger partial charge in [0, 0.05) is 48.5 Å². The number of para-hydroxylation sites is 2. The van der Waals surface area contributed by atoms with E-state index in [1.54, 1.807) is 0 Å². The Morgan fingerprint density at radius 3 is 1.96 bits per heavy atom. The zero-order valence-electron chi connectivity index (χ0n) is 24.9. The van der Waals surface area contributed by atoms with Crippen LogP contribution in [0, 0.1) is 0 Å². The third kappa shape index (κ3) is 2.41. The SMILES string of the molecule is CC1(C)c2ccccc2-c2cc3c(cc21)c1cccc2c4cc5c6c7ccccc7cc7c8ccccc8n(c5cc4n3c12)c76. The van der Waals surface area contributed by atoms with Crippen molar-refractivity contribution in [2.24, 2.45) is 0 Å². The molecule has 0 spiro atoms. The second kappa shape index (κ2) is 7.20. The lowest BCUT2D eigenvalue weighted by molar-refractivity contribution is 0.661. The van der Waals surface area contributed by atoms with Crippen molar-refractivity contribution in [1.82, 2.24) is 8.80 Å². The molecule has 12 rings (SSSR count). The van der Waals surface area contributed by atoms with Gasteiger partial charge in [-0.2, -0.15) is 0 Å². The highest BCUT2D eigenvalue weighted by Gasteiger charge is 2.36. The van der Waals surface area contributed by atoms with Crippen LogP contribution in [0.5, 0.6) is 0 Å². The molecule has 4 aromatic heterocycles. The molecule has 11 aromatic rings. The first-order chi connectivity index (χ1) is 22.1. The third-order valence-electron chi connectivity index (χ3n) is 11.3. The summed E-state index contributed by atoms with van der Waals surface area (Å²) in [5.41, 5.74) is 13.4.